The van der Waals surface area contributed by atoms with Crippen LogP contribution in [0.15, 0.2) is 24.3 Å². The van der Waals surface area contributed by atoms with Gasteiger partial charge in [0.1, 0.15) is 5.78 Å². The maximum absolute atomic E-state index is 11.9. The Kier molecular flexibility index (Phi) is 1.58. The number of aryl methyl sites for hydroxylation is 1. The van der Waals surface area contributed by atoms with Crippen molar-refractivity contribution in [2.24, 2.45) is 5.41 Å². The first-order valence-electron chi connectivity index (χ1n) is 5.40. The lowest BCUT2D eigenvalue weighted by molar-refractivity contribution is -0.123. The Morgan fingerprint density at radius 2 is 1.71 bits per heavy atom. The Morgan fingerprint density at radius 3 is 2.43 bits per heavy atom. The lowest BCUT2D eigenvalue weighted by Crippen LogP contribution is -2.16. The highest BCUT2D eigenvalue weighted by molar-refractivity contribution is 5.88. The van der Waals surface area contributed by atoms with Crippen molar-refractivity contribution in [3.8, 4) is 0 Å². The van der Waals surface area contributed by atoms with E-state index in [-0.39, 0.29) is 5.41 Å². The molecule has 0 bridgehead atoms. The van der Waals surface area contributed by atoms with Crippen LogP contribution in [-0.4, -0.2) is 5.78 Å². The fraction of sp³-hybridized carbons (Fsp3) is 0.462. The molecule has 0 aliphatic heterocycles. The Bertz CT molecular complexity index is 388. The molecular weight excluding hydrogens is 172 g/mol. The minimum atomic E-state index is 0.0760. The molecule has 1 saturated carbocycles. The van der Waals surface area contributed by atoms with Gasteiger partial charge in [-0.25, -0.2) is 0 Å². The quantitative estimate of drug-likeness (QED) is 0.608. The minimum Gasteiger partial charge on any atom is -0.299 e. The summed E-state index contributed by atoms with van der Waals surface area (Å²) in [7, 11) is 0. The van der Waals surface area contributed by atoms with E-state index in [1.807, 2.05) is 0 Å². The number of ketones is 1. The number of carbonyl (C=O) groups excluding carboxylic acids is 1. The van der Waals surface area contributed by atoms with E-state index in [0.717, 1.165) is 32.1 Å². The van der Waals surface area contributed by atoms with Gasteiger partial charge in [-0.2, -0.15) is 0 Å². The van der Waals surface area contributed by atoms with Gasteiger partial charge in [-0.05, 0) is 36.8 Å². The second kappa shape index (κ2) is 2.69. The van der Waals surface area contributed by atoms with E-state index >= 15 is 0 Å². The number of hydrogen-bond donors (Lipinski definition) is 0. The number of hydrogen-bond acceptors (Lipinski definition) is 1. The van der Waals surface area contributed by atoms with E-state index in [1.54, 1.807) is 0 Å². The monoisotopic (exact) mass is 186 g/mol. The Balaban J connectivity index is 2.03. The van der Waals surface area contributed by atoms with Crippen LogP contribution in [0.1, 0.15) is 30.4 Å². The number of fused-ring (bicyclic) bond motifs is 1. The summed E-state index contributed by atoms with van der Waals surface area (Å²) in [6.45, 7) is 0. The van der Waals surface area contributed by atoms with Crippen molar-refractivity contribution in [3.63, 3.8) is 0 Å². The summed E-state index contributed by atoms with van der Waals surface area (Å²) in [5.74, 6) is 0.508. The largest absolute Gasteiger partial charge is 0.299 e. The summed E-state index contributed by atoms with van der Waals surface area (Å²) >= 11 is 0. The van der Waals surface area contributed by atoms with Crippen LogP contribution >= 0.6 is 0 Å². The highest BCUT2D eigenvalue weighted by Crippen LogP contribution is 2.51. The summed E-state index contributed by atoms with van der Waals surface area (Å²) in [5, 5.41) is 0. The summed E-state index contributed by atoms with van der Waals surface area (Å²) < 4.78 is 0. The Hall–Kier alpha value is -1.11. The van der Waals surface area contributed by atoms with Crippen molar-refractivity contribution >= 4 is 5.78 Å². The molecule has 0 N–H and O–H groups in total. The molecule has 14 heavy (non-hydrogen) atoms. The average Bonchev–Trinajstić information content (AvgIpc) is 2.98. The molecule has 1 spiro atoms. The molecule has 1 nitrogen and oxygen atoms in total. The predicted octanol–water partition coefficient (Wildman–Crippen LogP) is 2.52. The number of carbonyl (C=O) groups is 1. The summed E-state index contributed by atoms with van der Waals surface area (Å²) in [6.07, 6.45) is 4.97. The van der Waals surface area contributed by atoms with Gasteiger partial charge in [0.15, 0.2) is 0 Å². The van der Waals surface area contributed by atoms with Gasteiger partial charge in [-0.15, -0.1) is 0 Å². The third kappa shape index (κ3) is 1.12. The van der Waals surface area contributed by atoms with E-state index in [0.29, 0.717) is 5.78 Å². The van der Waals surface area contributed by atoms with Crippen molar-refractivity contribution in [3.05, 3.63) is 35.4 Å². The van der Waals surface area contributed by atoms with Crippen molar-refractivity contribution in [1.29, 1.82) is 0 Å². The standard InChI is InChI=1S/C13H14O/c14-12-6-5-10-3-1-2-4-11(10)9-13(12)7-8-13/h1-4H,5-9H2. The van der Waals surface area contributed by atoms with Crippen molar-refractivity contribution in [1.82, 2.24) is 0 Å². The fourth-order valence-corrected chi connectivity index (χ4v) is 2.56. The normalized spacial score (nSPS) is 23.0. The van der Waals surface area contributed by atoms with Crippen LogP contribution in [0.5, 0.6) is 0 Å². The van der Waals surface area contributed by atoms with Gasteiger partial charge in [-0.1, -0.05) is 24.3 Å². The summed E-state index contributed by atoms with van der Waals surface area (Å²) in [6, 6.07) is 8.52. The molecule has 2 aliphatic rings. The van der Waals surface area contributed by atoms with E-state index in [1.165, 1.54) is 11.1 Å². The molecule has 0 saturated heterocycles. The van der Waals surface area contributed by atoms with Gasteiger partial charge >= 0.3 is 0 Å². The van der Waals surface area contributed by atoms with Crippen LogP contribution in [0.3, 0.4) is 0 Å². The fourth-order valence-electron chi connectivity index (χ4n) is 2.56. The first-order chi connectivity index (χ1) is 6.80. The van der Waals surface area contributed by atoms with E-state index < -0.39 is 0 Å². The number of rotatable bonds is 0. The molecule has 1 aromatic rings. The maximum Gasteiger partial charge on any atom is 0.139 e. The Morgan fingerprint density at radius 1 is 1.00 bits per heavy atom. The smallest absolute Gasteiger partial charge is 0.139 e. The van der Waals surface area contributed by atoms with Gasteiger partial charge in [0, 0.05) is 11.8 Å². The number of benzene rings is 1. The van der Waals surface area contributed by atoms with Crippen LogP contribution in [0.2, 0.25) is 0 Å². The highest BCUT2D eigenvalue weighted by Gasteiger charge is 2.49. The topological polar surface area (TPSA) is 17.1 Å². The second-order valence-corrected chi connectivity index (χ2v) is 4.65. The van der Waals surface area contributed by atoms with Crippen molar-refractivity contribution in [2.45, 2.75) is 32.1 Å². The summed E-state index contributed by atoms with van der Waals surface area (Å²) in [5.41, 5.74) is 2.88. The number of Topliss-reactive ketones (excluding diaryl/α,β-unsaturated/α-hetero) is 1. The zero-order valence-electron chi connectivity index (χ0n) is 8.25. The maximum atomic E-state index is 11.9. The minimum absolute atomic E-state index is 0.0760. The first kappa shape index (κ1) is 8.22. The van der Waals surface area contributed by atoms with Crippen LogP contribution < -0.4 is 0 Å². The van der Waals surface area contributed by atoms with Gasteiger partial charge in [0.2, 0.25) is 0 Å². The molecule has 1 fully saturated rings. The second-order valence-electron chi connectivity index (χ2n) is 4.65. The molecule has 1 heteroatoms. The molecule has 0 radical (unpaired) electrons. The summed E-state index contributed by atoms with van der Waals surface area (Å²) in [4.78, 5) is 11.9. The average molecular weight is 186 g/mol. The van der Waals surface area contributed by atoms with Crippen LogP contribution in [0.25, 0.3) is 0 Å². The van der Waals surface area contributed by atoms with E-state index in [9.17, 15) is 4.79 Å². The molecule has 1 aromatic carbocycles. The highest BCUT2D eigenvalue weighted by atomic mass is 16.1. The zero-order chi connectivity index (χ0) is 9.60. The van der Waals surface area contributed by atoms with Crippen LogP contribution in [0, 0.1) is 5.41 Å². The SMILES string of the molecule is O=C1CCc2ccccc2CC12CC2. The molecule has 0 amide bonds. The molecule has 0 atom stereocenters. The van der Waals surface area contributed by atoms with Gasteiger partial charge in [0.25, 0.3) is 0 Å². The van der Waals surface area contributed by atoms with Gasteiger partial charge in [0.05, 0.1) is 0 Å². The molecule has 0 unspecified atom stereocenters. The van der Waals surface area contributed by atoms with Crippen molar-refractivity contribution in [2.75, 3.05) is 0 Å². The van der Waals surface area contributed by atoms with E-state index in [2.05, 4.69) is 24.3 Å². The lowest BCUT2D eigenvalue weighted by atomic mass is 9.93. The van der Waals surface area contributed by atoms with Gasteiger partial charge < -0.3 is 0 Å². The molecule has 0 heterocycles. The van der Waals surface area contributed by atoms with E-state index in [4.69, 9.17) is 0 Å². The molecular formula is C13H14O. The lowest BCUT2D eigenvalue weighted by Gasteiger charge is -2.10. The molecule has 0 aromatic heterocycles. The third-order valence-corrected chi connectivity index (χ3v) is 3.71. The molecule has 72 valence electrons. The van der Waals surface area contributed by atoms with Gasteiger partial charge in [-0.3, -0.25) is 4.79 Å². The molecule has 3 rings (SSSR count). The Labute approximate surface area is 84.1 Å². The predicted molar refractivity (Wildman–Crippen MR) is 55.1 cm³/mol. The zero-order valence-corrected chi connectivity index (χ0v) is 8.25. The first-order valence-corrected chi connectivity index (χ1v) is 5.40. The molecule has 2 aliphatic carbocycles. The van der Waals surface area contributed by atoms with Crippen molar-refractivity contribution < 1.29 is 4.79 Å². The van der Waals surface area contributed by atoms with Crippen LogP contribution in [0.4, 0.5) is 0 Å². The third-order valence-electron chi connectivity index (χ3n) is 3.71. The van der Waals surface area contributed by atoms with Crippen LogP contribution in [-0.2, 0) is 17.6 Å².